The first-order chi connectivity index (χ1) is 14.4. The van der Waals surface area contributed by atoms with Crippen molar-refractivity contribution in [1.29, 1.82) is 0 Å². The molecule has 1 aliphatic rings. The van der Waals surface area contributed by atoms with Crippen molar-refractivity contribution >= 4 is 23.5 Å². The number of hydrogen-bond acceptors (Lipinski definition) is 5. The number of hydrogen-bond donors (Lipinski definition) is 2. The molecule has 3 rings (SSSR count). The predicted octanol–water partition coefficient (Wildman–Crippen LogP) is 3.53. The molecule has 2 aromatic rings. The van der Waals surface area contributed by atoms with Crippen LogP contribution >= 0.6 is 0 Å². The second-order valence-electron chi connectivity index (χ2n) is 7.37. The van der Waals surface area contributed by atoms with Gasteiger partial charge in [0.25, 0.3) is 0 Å². The smallest absolute Gasteiger partial charge is 0.410 e. The average molecular weight is 415 g/mol. The molecule has 2 N–H and O–H groups in total. The lowest BCUT2D eigenvalue weighted by Gasteiger charge is -2.43. The topological polar surface area (TPSA) is 86.8 Å². The van der Waals surface area contributed by atoms with Gasteiger partial charge >= 0.3 is 12.1 Å². The highest BCUT2D eigenvalue weighted by atomic mass is 19.1. The van der Waals surface area contributed by atoms with Gasteiger partial charge < -0.3 is 20.3 Å². The van der Waals surface area contributed by atoms with Gasteiger partial charge in [0.2, 0.25) is 0 Å². The number of ether oxygens (including phenoxy) is 1. The maximum absolute atomic E-state index is 15.0. The zero-order chi connectivity index (χ0) is 21.7. The van der Waals surface area contributed by atoms with Crippen LogP contribution in [-0.4, -0.2) is 59.2 Å². The van der Waals surface area contributed by atoms with E-state index in [2.05, 4.69) is 20.5 Å². The van der Waals surface area contributed by atoms with Crippen LogP contribution in [-0.2, 0) is 11.3 Å². The molecule has 9 heteroatoms. The first-order valence-electron chi connectivity index (χ1n) is 9.73. The molecule has 2 heterocycles. The van der Waals surface area contributed by atoms with Crippen LogP contribution in [0, 0.1) is 5.82 Å². The van der Waals surface area contributed by atoms with Crippen LogP contribution < -0.4 is 10.6 Å². The predicted molar refractivity (Wildman–Crippen MR) is 112 cm³/mol. The molecule has 0 aliphatic carbocycles. The lowest BCUT2D eigenvalue weighted by Crippen LogP contribution is -2.58. The number of carbonyl (C=O) groups is 2. The average Bonchev–Trinajstić information content (AvgIpc) is 2.71. The highest BCUT2D eigenvalue weighted by molar-refractivity contribution is 5.99. The summed E-state index contributed by atoms with van der Waals surface area (Å²) in [6.45, 7) is 5.44. The summed E-state index contributed by atoms with van der Waals surface area (Å²) in [4.78, 5) is 31.8. The second kappa shape index (κ2) is 9.53. The monoisotopic (exact) mass is 415 g/mol. The maximum Gasteiger partial charge on any atom is 0.410 e. The molecule has 160 valence electrons. The first kappa shape index (κ1) is 21.5. The Balaban J connectivity index is 1.65. The largest absolute Gasteiger partial charge is 0.453 e. The third-order valence-corrected chi connectivity index (χ3v) is 5.02. The van der Waals surface area contributed by atoms with Crippen LogP contribution in [0.25, 0.3) is 0 Å². The Morgan fingerprint density at radius 1 is 1.17 bits per heavy atom. The minimum Gasteiger partial charge on any atom is -0.453 e. The van der Waals surface area contributed by atoms with Gasteiger partial charge in [0, 0.05) is 43.5 Å². The van der Waals surface area contributed by atoms with Crippen LogP contribution in [0.4, 0.5) is 25.4 Å². The fourth-order valence-corrected chi connectivity index (χ4v) is 3.79. The first-order valence-corrected chi connectivity index (χ1v) is 9.73. The summed E-state index contributed by atoms with van der Waals surface area (Å²) in [5, 5.41) is 5.15. The number of carbonyl (C=O) groups excluding carboxylic acids is 2. The molecule has 0 spiro atoms. The van der Waals surface area contributed by atoms with Crippen LogP contribution in [0.5, 0.6) is 0 Å². The number of urea groups is 1. The summed E-state index contributed by atoms with van der Waals surface area (Å²) in [6.07, 6.45) is 2.74. The van der Waals surface area contributed by atoms with Crippen molar-refractivity contribution < 1.29 is 18.7 Å². The Morgan fingerprint density at radius 3 is 2.53 bits per heavy atom. The van der Waals surface area contributed by atoms with Gasteiger partial charge in [0.15, 0.2) is 5.82 Å². The number of halogens is 1. The summed E-state index contributed by atoms with van der Waals surface area (Å²) < 4.78 is 19.9. The minimum atomic E-state index is -0.548. The number of amides is 3. The number of aromatic nitrogens is 1. The summed E-state index contributed by atoms with van der Waals surface area (Å²) >= 11 is 0. The molecule has 1 fully saturated rings. The Kier molecular flexibility index (Phi) is 6.83. The van der Waals surface area contributed by atoms with Crippen LogP contribution in [0.2, 0.25) is 0 Å². The molecule has 1 aromatic heterocycles. The molecular weight excluding hydrogens is 389 g/mol. The summed E-state index contributed by atoms with van der Waals surface area (Å²) in [5.74, 6) is -0.477. The standard InChI is InChI=1S/C21H26FN5O3/c1-14-11-26(12-15(2)27(14)21(29)30-3)13-16-6-4-8-18(19(16)22)25-20(28)24-17-7-5-9-23-10-17/h4-10,14-15H,11-13H2,1-3H3,(H2,24,25,28)/t14-,15+. The van der Waals surface area contributed by atoms with Crippen molar-refractivity contribution in [2.45, 2.75) is 32.5 Å². The highest BCUT2D eigenvalue weighted by Gasteiger charge is 2.33. The number of nitrogens with one attached hydrogen (secondary N) is 2. The molecule has 1 aromatic carbocycles. The van der Waals surface area contributed by atoms with Gasteiger partial charge in [-0.2, -0.15) is 0 Å². The molecule has 8 nitrogen and oxygen atoms in total. The van der Waals surface area contributed by atoms with Gasteiger partial charge in [-0.3, -0.25) is 9.88 Å². The van der Waals surface area contributed by atoms with E-state index < -0.39 is 11.8 Å². The number of anilines is 2. The number of nitrogens with zero attached hydrogens (tertiary/aromatic N) is 3. The molecule has 0 saturated carbocycles. The molecule has 3 amide bonds. The van der Waals surface area contributed by atoms with E-state index in [4.69, 9.17) is 4.74 Å². The van der Waals surface area contributed by atoms with Crippen molar-refractivity contribution in [2.75, 3.05) is 30.8 Å². The zero-order valence-corrected chi connectivity index (χ0v) is 17.3. The van der Waals surface area contributed by atoms with Crippen molar-refractivity contribution in [3.8, 4) is 0 Å². The Hall–Kier alpha value is -3.20. The fourth-order valence-electron chi connectivity index (χ4n) is 3.79. The number of rotatable bonds is 4. The van der Waals surface area contributed by atoms with Gasteiger partial charge in [-0.05, 0) is 32.0 Å². The summed E-state index contributed by atoms with van der Waals surface area (Å²) in [6, 6.07) is 7.63. The van der Waals surface area contributed by atoms with Crippen molar-refractivity contribution in [3.05, 3.63) is 54.1 Å². The molecule has 30 heavy (non-hydrogen) atoms. The van der Waals surface area contributed by atoms with Crippen LogP contribution in [0.3, 0.4) is 0 Å². The van der Waals surface area contributed by atoms with E-state index in [1.165, 1.54) is 19.4 Å². The van der Waals surface area contributed by atoms with Crippen molar-refractivity contribution in [2.24, 2.45) is 0 Å². The summed E-state index contributed by atoms with van der Waals surface area (Å²) in [5.41, 5.74) is 1.08. The van der Waals surface area contributed by atoms with Crippen molar-refractivity contribution in [1.82, 2.24) is 14.8 Å². The molecular formula is C21H26FN5O3. The Morgan fingerprint density at radius 2 is 1.90 bits per heavy atom. The Bertz CT molecular complexity index is 883. The minimum absolute atomic E-state index is 0.0594. The maximum atomic E-state index is 15.0. The SMILES string of the molecule is COC(=O)N1[C@H](C)CN(Cc2cccc(NC(=O)Nc3cccnc3)c2F)C[C@@H]1C. The second-order valence-corrected chi connectivity index (χ2v) is 7.37. The van der Waals surface area contributed by atoms with E-state index in [1.54, 1.807) is 35.4 Å². The number of pyridine rings is 1. The quantitative estimate of drug-likeness (QED) is 0.798. The molecule has 0 unspecified atom stereocenters. The van der Waals surface area contributed by atoms with E-state index in [1.807, 2.05) is 13.8 Å². The summed E-state index contributed by atoms with van der Waals surface area (Å²) in [7, 11) is 1.37. The molecule has 1 saturated heterocycles. The lowest BCUT2D eigenvalue weighted by molar-refractivity contribution is 0.0295. The van der Waals surface area contributed by atoms with Crippen molar-refractivity contribution in [3.63, 3.8) is 0 Å². The van der Waals surface area contributed by atoms with Crippen LogP contribution in [0.1, 0.15) is 19.4 Å². The van der Waals surface area contributed by atoms with E-state index >= 15 is 4.39 Å². The van der Waals surface area contributed by atoms with Gasteiger partial charge in [0.05, 0.1) is 24.7 Å². The molecule has 0 bridgehead atoms. The van der Waals surface area contributed by atoms with Gasteiger partial charge in [-0.15, -0.1) is 0 Å². The van der Waals surface area contributed by atoms with E-state index in [-0.39, 0.29) is 23.9 Å². The van der Waals surface area contributed by atoms with Gasteiger partial charge in [0.1, 0.15) is 0 Å². The zero-order valence-electron chi connectivity index (χ0n) is 17.3. The van der Waals surface area contributed by atoms with E-state index in [9.17, 15) is 9.59 Å². The fraction of sp³-hybridized carbons (Fsp3) is 0.381. The Labute approximate surface area is 175 Å². The molecule has 1 aliphatic heterocycles. The van der Waals surface area contributed by atoms with Gasteiger partial charge in [-0.25, -0.2) is 14.0 Å². The normalized spacial score (nSPS) is 19.3. The van der Waals surface area contributed by atoms with E-state index in [0.717, 1.165) is 0 Å². The number of benzene rings is 1. The third kappa shape index (κ3) is 5.04. The van der Waals surface area contributed by atoms with Crippen LogP contribution in [0.15, 0.2) is 42.7 Å². The van der Waals surface area contributed by atoms with E-state index in [0.29, 0.717) is 30.9 Å². The van der Waals surface area contributed by atoms with Gasteiger partial charge in [-0.1, -0.05) is 12.1 Å². The number of methoxy groups -OCH3 is 1. The highest BCUT2D eigenvalue weighted by Crippen LogP contribution is 2.23. The molecule has 0 radical (unpaired) electrons. The molecule has 2 atom stereocenters. The lowest BCUT2D eigenvalue weighted by atomic mass is 10.1. The number of piperazine rings is 1. The third-order valence-electron chi connectivity index (χ3n) is 5.02.